The van der Waals surface area contributed by atoms with Crippen LogP contribution in [0, 0.1) is 23.0 Å². The van der Waals surface area contributed by atoms with E-state index in [-0.39, 0.29) is 23.0 Å². The molecule has 7 nitrogen and oxygen atoms in total. The molecular formula is C13H20ClN3O4S. The van der Waals surface area contributed by atoms with Gasteiger partial charge in [-0.2, -0.15) is 4.31 Å². The number of nitrogens with zero attached hydrogens (tertiary/aromatic N) is 2. The van der Waals surface area contributed by atoms with Crippen LogP contribution in [0.5, 0.6) is 0 Å². The molecule has 2 rings (SSSR count). The van der Waals surface area contributed by atoms with Crippen LogP contribution in [0.15, 0.2) is 23.1 Å². The number of aryl methyl sites for hydroxylation is 1. The third-order valence-electron chi connectivity index (χ3n) is 3.73. The fourth-order valence-corrected chi connectivity index (χ4v) is 4.38. The molecule has 124 valence electrons. The smallest absolute Gasteiger partial charge is 0.269 e. The molecule has 0 amide bonds. The molecule has 1 aliphatic rings. The lowest BCUT2D eigenvalue weighted by molar-refractivity contribution is -0.385. The van der Waals surface area contributed by atoms with Gasteiger partial charge in [0.1, 0.15) is 0 Å². The average Bonchev–Trinajstić information content (AvgIpc) is 2.88. The maximum absolute atomic E-state index is 12.6. The van der Waals surface area contributed by atoms with Gasteiger partial charge in [0.05, 0.1) is 9.82 Å². The normalized spacial score (nSPS) is 18.9. The lowest BCUT2D eigenvalue weighted by Crippen LogP contribution is -2.30. The zero-order valence-electron chi connectivity index (χ0n) is 12.5. The molecule has 0 spiro atoms. The Morgan fingerprint density at radius 3 is 2.68 bits per heavy atom. The number of hydrogen-bond donors (Lipinski definition) is 1. The van der Waals surface area contributed by atoms with Crippen LogP contribution in [0.1, 0.15) is 12.0 Å². The van der Waals surface area contributed by atoms with Gasteiger partial charge in [-0.25, -0.2) is 8.42 Å². The SMILES string of the molecule is CNCC1CCN(S(=O)(=O)c2ccc([N+](=O)[O-])cc2C)C1.Cl. The zero-order valence-corrected chi connectivity index (χ0v) is 14.1. The van der Waals surface area contributed by atoms with E-state index in [4.69, 9.17) is 0 Å². The van der Waals surface area contributed by atoms with Crippen LogP contribution in [0.2, 0.25) is 0 Å². The van der Waals surface area contributed by atoms with Crippen LogP contribution in [0.4, 0.5) is 5.69 Å². The van der Waals surface area contributed by atoms with Gasteiger partial charge < -0.3 is 5.32 Å². The first-order valence-corrected chi connectivity index (χ1v) is 8.20. The second-order valence-electron chi connectivity index (χ2n) is 5.28. The predicted octanol–water partition coefficient (Wildman–Crippen LogP) is 1.56. The number of benzene rings is 1. The topological polar surface area (TPSA) is 92.6 Å². The largest absolute Gasteiger partial charge is 0.319 e. The van der Waals surface area contributed by atoms with Crippen molar-refractivity contribution in [1.82, 2.24) is 9.62 Å². The van der Waals surface area contributed by atoms with E-state index in [9.17, 15) is 18.5 Å². The summed E-state index contributed by atoms with van der Waals surface area (Å²) in [5, 5.41) is 13.8. The number of nitro benzene ring substituents is 1. The summed E-state index contributed by atoms with van der Waals surface area (Å²) in [6.45, 7) is 3.34. The van der Waals surface area contributed by atoms with Crippen LogP contribution in [0.25, 0.3) is 0 Å². The third-order valence-corrected chi connectivity index (χ3v) is 5.75. The number of nitro groups is 1. The van der Waals surface area contributed by atoms with Gasteiger partial charge in [-0.1, -0.05) is 0 Å². The zero-order chi connectivity index (χ0) is 15.6. The predicted molar refractivity (Wildman–Crippen MR) is 85.9 cm³/mol. The quantitative estimate of drug-likeness (QED) is 0.643. The Balaban J connectivity index is 0.00000242. The molecule has 9 heteroatoms. The van der Waals surface area contributed by atoms with Crippen molar-refractivity contribution in [2.75, 3.05) is 26.7 Å². The Labute approximate surface area is 136 Å². The van der Waals surface area contributed by atoms with Gasteiger partial charge in [-0.3, -0.25) is 10.1 Å². The molecular weight excluding hydrogens is 330 g/mol. The maximum atomic E-state index is 12.6. The van der Waals surface area contributed by atoms with Gasteiger partial charge in [0.25, 0.3) is 5.69 Å². The summed E-state index contributed by atoms with van der Waals surface area (Å²) in [6, 6.07) is 3.86. The van der Waals surface area contributed by atoms with Crippen LogP contribution in [-0.2, 0) is 10.0 Å². The van der Waals surface area contributed by atoms with Gasteiger partial charge in [-0.15, -0.1) is 12.4 Å². The van der Waals surface area contributed by atoms with Crippen molar-refractivity contribution in [2.45, 2.75) is 18.2 Å². The molecule has 0 saturated carbocycles. The van der Waals surface area contributed by atoms with Gasteiger partial charge in [0.15, 0.2) is 0 Å². The van der Waals surface area contributed by atoms with Crippen LogP contribution < -0.4 is 5.32 Å². The highest BCUT2D eigenvalue weighted by Crippen LogP contribution is 2.28. The molecule has 1 aromatic carbocycles. The number of nitrogens with one attached hydrogen (secondary N) is 1. The van der Waals surface area contributed by atoms with Crippen LogP contribution in [0.3, 0.4) is 0 Å². The Morgan fingerprint density at radius 2 is 2.14 bits per heavy atom. The standard InChI is InChI=1S/C13H19N3O4S.ClH/c1-10-7-12(16(17)18)3-4-13(10)21(19,20)15-6-5-11(9-15)8-14-2;/h3-4,7,11,14H,5-6,8-9H2,1-2H3;1H. The number of halogens is 1. The van der Waals surface area contributed by atoms with E-state index in [0.717, 1.165) is 13.0 Å². The molecule has 1 atom stereocenters. The Kier molecular flexibility index (Phi) is 6.30. The fraction of sp³-hybridized carbons (Fsp3) is 0.538. The number of sulfonamides is 1. The lowest BCUT2D eigenvalue weighted by atomic mass is 10.1. The molecule has 0 bridgehead atoms. The van der Waals surface area contributed by atoms with Gasteiger partial charge >= 0.3 is 0 Å². The third kappa shape index (κ3) is 3.75. The van der Waals surface area contributed by atoms with Crippen LogP contribution >= 0.6 is 12.4 Å². The Morgan fingerprint density at radius 1 is 1.45 bits per heavy atom. The molecule has 1 heterocycles. The minimum absolute atomic E-state index is 0. The van der Waals surface area contributed by atoms with Gasteiger partial charge in [-0.05, 0) is 44.5 Å². The van der Waals surface area contributed by atoms with E-state index < -0.39 is 14.9 Å². The van der Waals surface area contributed by atoms with E-state index in [2.05, 4.69) is 5.32 Å². The van der Waals surface area contributed by atoms with E-state index in [1.165, 1.54) is 22.5 Å². The summed E-state index contributed by atoms with van der Waals surface area (Å²) in [5.41, 5.74) is 0.308. The molecule has 0 radical (unpaired) electrons. The fourth-order valence-electron chi connectivity index (χ4n) is 2.65. The van der Waals surface area contributed by atoms with E-state index in [1.54, 1.807) is 6.92 Å². The Hall–Kier alpha value is -1.22. The van der Waals surface area contributed by atoms with Crippen molar-refractivity contribution in [3.8, 4) is 0 Å². The van der Waals surface area contributed by atoms with E-state index in [0.29, 0.717) is 24.6 Å². The number of non-ortho nitro benzene ring substituents is 1. The van der Waals surface area contributed by atoms with Crippen LogP contribution in [-0.4, -0.2) is 44.3 Å². The number of rotatable bonds is 5. The molecule has 0 aromatic heterocycles. The summed E-state index contributed by atoms with van der Waals surface area (Å²) in [4.78, 5) is 10.3. The summed E-state index contributed by atoms with van der Waals surface area (Å²) in [7, 11) is -1.74. The summed E-state index contributed by atoms with van der Waals surface area (Å²) >= 11 is 0. The molecule has 0 aliphatic carbocycles. The molecule has 1 unspecified atom stereocenters. The summed E-state index contributed by atoms with van der Waals surface area (Å²) < 4.78 is 26.7. The minimum atomic E-state index is -3.58. The highest BCUT2D eigenvalue weighted by Gasteiger charge is 2.33. The highest BCUT2D eigenvalue weighted by atomic mass is 35.5. The molecule has 1 aliphatic heterocycles. The average molecular weight is 350 g/mol. The van der Waals surface area contributed by atoms with Crippen molar-refractivity contribution in [3.05, 3.63) is 33.9 Å². The summed E-state index contributed by atoms with van der Waals surface area (Å²) in [6.07, 6.45) is 0.825. The first kappa shape index (κ1) is 18.8. The van der Waals surface area contributed by atoms with Crippen molar-refractivity contribution in [3.63, 3.8) is 0 Å². The second-order valence-corrected chi connectivity index (χ2v) is 7.19. The first-order chi connectivity index (χ1) is 9.86. The van der Waals surface area contributed by atoms with E-state index >= 15 is 0 Å². The second kappa shape index (κ2) is 7.36. The molecule has 1 saturated heterocycles. The molecule has 1 fully saturated rings. The van der Waals surface area contributed by atoms with E-state index in [1.807, 2.05) is 7.05 Å². The number of hydrogen-bond acceptors (Lipinski definition) is 5. The monoisotopic (exact) mass is 349 g/mol. The maximum Gasteiger partial charge on any atom is 0.269 e. The van der Waals surface area contributed by atoms with Crippen molar-refractivity contribution in [1.29, 1.82) is 0 Å². The molecule has 22 heavy (non-hydrogen) atoms. The highest BCUT2D eigenvalue weighted by molar-refractivity contribution is 7.89. The first-order valence-electron chi connectivity index (χ1n) is 6.76. The molecule has 1 N–H and O–H groups in total. The van der Waals surface area contributed by atoms with Crippen molar-refractivity contribution >= 4 is 28.1 Å². The van der Waals surface area contributed by atoms with Crippen molar-refractivity contribution < 1.29 is 13.3 Å². The van der Waals surface area contributed by atoms with Gasteiger partial charge in [0.2, 0.25) is 10.0 Å². The van der Waals surface area contributed by atoms with Gasteiger partial charge in [0, 0.05) is 25.2 Å². The lowest BCUT2D eigenvalue weighted by Gasteiger charge is -2.18. The minimum Gasteiger partial charge on any atom is -0.319 e. The summed E-state index contributed by atoms with van der Waals surface area (Å²) in [5.74, 6) is 0.308. The van der Waals surface area contributed by atoms with Crippen molar-refractivity contribution in [2.24, 2.45) is 5.92 Å². The Bertz CT molecular complexity index is 651. The molecule has 1 aromatic rings.